The molecule has 0 amide bonds. The van der Waals surface area contributed by atoms with E-state index in [2.05, 4.69) is 10.3 Å². The van der Waals surface area contributed by atoms with Crippen molar-refractivity contribution >= 4 is 32.1 Å². The Labute approximate surface area is 123 Å². The molecule has 2 rings (SSSR count). The average molecular weight is 375 g/mol. The van der Waals surface area contributed by atoms with Crippen molar-refractivity contribution in [3.8, 4) is 0 Å². The Hall–Kier alpha value is -1.31. The number of hydrogen-bond donors (Lipinski definition) is 2. The van der Waals surface area contributed by atoms with E-state index in [1.807, 2.05) is 6.08 Å². The summed E-state index contributed by atoms with van der Waals surface area (Å²) in [5.41, 5.74) is 0.385. The van der Waals surface area contributed by atoms with Crippen LogP contribution in [0.4, 0.5) is 14.6 Å². The van der Waals surface area contributed by atoms with Crippen LogP contribution in [0.2, 0.25) is 0 Å². The monoisotopic (exact) mass is 375 g/mol. The number of aromatic nitrogens is 1. The molecule has 1 unspecified atom stereocenters. The Morgan fingerprint density at radius 3 is 3.00 bits per heavy atom. The number of rotatable bonds is 4. The first-order valence-electron chi connectivity index (χ1n) is 5.74. The second kappa shape index (κ2) is 6.23. The van der Waals surface area contributed by atoms with Gasteiger partial charge in [0.1, 0.15) is 21.2 Å². The van der Waals surface area contributed by atoms with Gasteiger partial charge in [0.25, 0.3) is 0 Å². The first kappa shape index (κ1) is 14.1. The van der Waals surface area contributed by atoms with Crippen molar-refractivity contribution in [2.45, 2.75) is 6.42 Å². The van der Waals surface area contributed by atoms with E-state index in [-0.39, 0.29) is 15.5 Å². The second-order valence-electron chi connectivity index (χ2n) is 4.16. The topological polar surface area (TPSA) is 48.8 Å². The van der Waals surface area contributed by atoms with Crippen LogP contribution in [0, 0.1) is 17.1 Å². The number of hydrogen-bond acceptors (Lipinski definition) is 3. The Kier molecular flexibility index (Phi) is 4.62. The molecular weight excluding hydrogens is 363 g/mol. The molecule has 0 bridgehead atoms. The highest BCUT2D eigenvalue weighted by Gasteiger charge is 2.16. The SMILES string of the molecule is N=C(I)c1cc(F)cnc1NCC1CC=CC=C1F. The lowest BCUT2D eigenvalue weighted by atomic mass is 9.99. The Bertz CT molecular complexity index is 555. The van der Waals surface area contributed by atoms with Crippen molar-refractivity contribution in [3.05, 3.63) is 47.7 Å². The maximum absolute atomic E-state index is 13.5. The molecule has 0 saturated heterocycles. The molecule has 6 heteroatoms. The van der Waals surface area contributed by atoms with Gasteiger partial charge in [-0.05, 0) is 41.2 Å². The fraction of sp³-hybridized carbons (Fsp3) is 0.231. The highest BCUT2D eigenvalue weighted by Crippen LogP contribution is 2.23. The molecule has 1 heterocycles. The third kappa shape index (κ3) is 3.59. The summed E-state index contributed by atoms with van der Waals surface area (Å²) in [6.45, 7) is 0.363. The van der Waals surface area contributed by atoms with Crippen LogP contribution in [0.15, 0.2) is 36.3 Å². The number of nitrogens with one attached hydrogen (secondary N) is 2. The minimum atomic E-state index is -0.492. The number of nitrogens with zero attached hydrogens (tertiary/aromatic N) is 1. The molecule has 1 aliphatic rings. The van der Waals surface area contributed by atoms with Gasteiger partial charge in [-0.2, -0.15) is 0 Å². The molecule has 0 radical (unpaired) electrons. The molecule has 1 aromatic rings. The van der Waals surface area contributed by atoms with Gasteiger partial charge in [0.15, 0.2) is 0 Å². The molecule has 0 aromatic carbocycles. The van der Waals surface area contributed by atoms with Crippen molar-refractivity contribution in [1.82, 2.24) is 4.98 Å². The second-order valence-corrected chi connectivity index (χ2v) is 5.24. The predicted molar refractivity (Wildman–Crippen MR) is 80.0 cm³/mol. The van der Waals surface area contributed by atoms with Crippen LogP contribution >= 0.6 is 22.6 Å². The van der Waals surface area contributed by atoms with Gasteiger partial charge in [-0.25, -0.2) is 13.8 Å². The summed E-state index contributed by atoms with van der Waals surface area (Å²) in [7, 11) is 0. The quantitative estimate of drug-likeness (QED) is 0.621. The van der Waals surface area contributed by atoms with Crippen LogP contribution in [0.5, 0.6) is 0 Å². The Balaban J connectivity index is 2.09. The van der Waals surface area contributed by atoms with Crippen molar-refractivity contribution in [2.75, 3.05) is 11.9 Å². The minimum absolute atomic E-state index is 0.178. The van der Waals surface area contributed by atoms with E-state index in [0.717, 1.165) is 6.20 Å². The van der Waals surface area contributed by atoms with Crippen molar-refractivity contribution in [1.29, 1.82) is 5.41 Å². The lowest BCUT2D eigenvalue weighted by molar-refractivity contribution is 0.477. The molecule has 1 atom stereocenters. The number of anilines is 1. The van der Waals surface area contributed by atoms with Gasteiger partial charge >= 0.3 is 0 Å². The summed E-state index contributed by atoms with van der Waals surface area (Å²) in [4.78, 5) is 3.92. The molecule has 1 aromatic heterocycles. The van der Waals surface area contributed by atoms with E-state index in [1.165, 1.54) is 12.1 Å². The molecule has 0 saturated carbocycles. The van der Waals surface area contributed by atoms with Gasteiger partial charge < -0.3 is 5.32 Å². The van der Waals surface area contributed by atoms with Crippen LogP contribution < -0.4 is 5.32 Å². The summed E-state index contributed by atoms with van der Waals surface area (Å²) in [5.74, 6) is -0.506. The molecule has 0 aliphatic heterocycles. The van der Waals surface area contributed by atoms with Gasteiger partial charge in [0.05, 0.1) is 11.8 Å². The summed E-state index contributed by atoms with van der Waals surface area (Å²) in [6, 6.07) is 1.25. The largest absolute Gasteiger partial charge is 0.369 e. The molecule has 2 N–H and O–H groups in total. The molecule has 19 heavy (non-hydrogen) atoms. The molecule has 1 aliphatic carbocycles. The van der Waals surface area contributed by atoms with Crippen molar-refractivity contribution in [2.24, 2.45) is 5.92 Å². The molecule has 3 nitrogen and oxygen atoms in total. The smallest absolute Gasteiger partial charge is 0.142 e. The normalized spacial score (nSPS) is 18.1. The summed E-state index contributed by atoms with van der Waals surface area (Å²) in [6.07, 6.45) is 6.73. The molecular formula is C13H12F2IN3. The third-order valence-electron chi connectivity index (χ3n) is 2.81. The zero-order valence-corrected chi connectivity index (χ0v) is 12.1. The van der Waals surface area contributed by atoms with Crippen LogP contribution in [0.25, 0.3) is 0 Å². The summed E-state index contributed by atoms with van der Waals surface area (Å²) >= 11 is 1.79. The standard InChI is InChI=1S/C13H12F2IN3/c14-9-5-10(12(16)17)13(19-7-9)18-6-8-3-1-2-4-11(8)15/h1-2,4-5,7-8,17H,3,6H2,(H,18,19). The number of halogens is 3. The van der Waals surface area contributed by atoms with E-state index in [9.17, 15) is 8.78 Å². The first-order chi connectivity index (χ1) is 9.08. The molecule has 0 spiro atoms. The highest BCUT2D eigenvalue weighted by molar-refractivity contribution is 14.1. The maximum atomic E-state index is 13.5. The molecule has 100 valence electrons. The van der Waals surface area contributed by atoms with Crippen LogP contribution in [0.3, 0.4) is 0 Å². The average Bonchev–Trinajstić information content (AvgIpc) is 2.38. The molecule has 0 fully saturated rings. The highest BCUT2D eigenvalue weighted by atomic mass is 127. The zero-order chi connectivity index (χ0) is 13.8. The van der Waals surface area contributed by atoms with Gasteiger partial charge in [-0.1, -0.05) is 12.2 Å². The van der Waals surface area contributed by atoms with Crippen molar-refractivity contribution in [3.63, 3.8) is 0 Å². The van der Waals surface area contributed by atoms with Gasteiger partial charge in [-0.15, -0.1) is 0 Å². The minimum Gasteiger partial charge on any atom is -0.369 e. The zero-order valence-electron chi connectivity index (χ0n) is 9.96. The Morgan fingerprint density at radius 2 is 2.32 bits per heavy atom. The van der Waals surface area contributed by atoms with Gasteiger partial charge in [-0.3, -0.25) is 5.41 Å². The number of pyridine rings is 1. The third-order valence-corrected chi connectivity index (χ3v) is 3.39. The fourth-order valence-electron chi connectivity index (χ4n) is 1.80. The summed E-state index contributed by atoms with van der Waals surface area (Å²) < 4.78 is 26.8. The van der Waals surface area contributed by atoms with Gasteiger partial charge in [0, 0.05) is 12.5 Å². The lowest BCUT2D eigenvalue weighted by Gasteiger charge is -2.17. The van der Waals surface area contributed by atoms with E-state index in [1.54, 1.807) is 28.7 Å². The maximum Gasteiger partial charge on any atom is 0.142 e. The van der Waals surface area contributed by atoms with Crippen LogP contribution in [-0.4, -0.2) is 15.2 Å². The summed E-state index contributed by atoms with van der Waals surface area (Å²) in [5, 5.41) is 10.6. The fourth-order valence-corrected chi connectivity index (χ4v) is 2.21. The van der Waals surface area contributed by atoms with Crippen LogP contribution in [-0.2, 0) is 0 Å². The van der Waals surface area contributed by atoms with E-state index in [0.29, 0.717) is 24.3 Å². The van der Waals surface area contributed by atoms with Crippen molar-refractivity contribution < 1.29 is 8.78 Å². The number of allylic oxidation sites excluding steroid dienone is 3. The first-order valence-corrected chi connectivity index (χ1v) is 6.82. The van der Waals surface area contributed by atoms with Crippen LogP contribution in [0.1, 0.15) is 12.0 Å². The van der Waals surface area contributed by atoms with E-state index >= 15 is 0 Å². The lowest BCUT2D eigenvalue weighted by Crippen LogP contribution is -2.17. The predicted octanol–water partition coefficient (Wildman–Crippen LogP) is 3.82. The van der Waals surface area contributed by atoms with E-state index in [4.69, 9.17) is 5.41 Å². The van der Waals surface area contributed by atoms with E-state index < -0.39 is 5.82 Å². The Morgan fingerprint density at radius 1 is 1.53 bits per heavy atom. The van der Waals surface area contributed by atoms with Gasteiger partial charge in [0.2, 0.25) is 0 Å².